The number of carbonyl (C=O) groups is 1. The fraction of sp³-hybridized carbons (Fsp3) is 0.400. The van der Waals surface area contributed by atoms with E-state index in [9.17, 15) is 13.2 Å². The lowest BCUT2D eigenvalue weighted by molar-refractivity contribution is -0.120. The van der Waals surface area contributed by atoms with Crippen molar-refractivity contribution in [1.29, 1.82) is 0 Å². The third kappa shape index (κ3) is 3.92. The number of nitrogens with zero attached hydrogens (tertiary/aromatic N) is 2. The molecule has 1 amide bonds. The Morgan fingerprint density at radius 1 is 1.14 bits per heavy atom. The van der Waals surface area contributed by atoms with Crippen molar-refractivity contribution in [3.8, 4) is 0 Å². The van der Waals surface area contributed by atoms with Gasteiger partial charge in [0.15, 0.2) is 0 Å². The van der Waals surface area contributed by atoms with Gasteiger partial charge >= 0.3 is 0 Å². The standard InChI is InChI=1S/C20H22ClN3O3S/c21-17-7-9-19(22-12-17)23-20(25)16-5-2-10-24(13-16)28(26,27)18-8-6-14-3-1-4-15(14)11-18/h6-9,11-12,16H,1-5,10,13H2,(H,22,23,25)/t16-/m0/s1. The normalized spacial score (nSPS) is 20.0. The molecule has 8 heteroatoms. The maximum absolute atomic E-state index is 13.1. The number of halogens is 1. The van der Waals surface area contributed by atoms with Gasteiger partial charge in [-0.25, -0.2) is 13.4 Å². The molecule has 0 saturated carbocycles. The van der Waals surface area contributed by atoms with Gasteiger partial charge in [-0.05, 0) is 67.5 Å². The summed E-state index contributed by atoms with van der Waals surface area (Å²) in [6, 6.07) is 8.70. The number of carbonyl (C=O) groups excluding carboxylic acids is 1. The van der Waals surface area contributed by atoms with Crippen LogP contribution < -0.4 is 5.32 Å². The van der Waals surface area contributed by atoms with E-state index < -0.39 is 15.9 Å². The summed E-state index contributed by atoms with van der Waals surface area (Å²) in [6.07, 6.45) is 5.77. The van der Waals surface area contributed by atoms with Gasteiger partial charge in [0.05, 0.1) is 15.8 Å². The fourth-order valence-corrected chi connectivity index (χ4v) is 5.60. The average molecular weight is 420 g/mol. The number of hydrogen-bond donors (Lipinski definition) is 1. The van der Waals surface area contributed by atoms with Crippen LogP contribution in [0.25, 0.3) is 0 Å². The molecule has 28 heavy (non-hydrogen) atoms. The van der Waals surface area contributed by atoms with Crippen LogP contribution in [0.4, 0.5) is 5.82 Å². The molecule has 2 heterocycles. The number of aromatic nitrogens is 1. The highest BCUT2D eigenvalue weighted by atomic mass is 35.5. The Labute approximate surface area is 170 Å². The zero-order valence-electron chi connectivity index (χ0n) is 15.4. The molecule has 1 fully saturated rings. The number of hydrogen-bond acceptors (Lipinski definition) is 4. The number of fused-ring (bicyclic) bond motifs is 1. The average Bonchev–Trinajstić information content (AvgIpc) is 3.17. The summed E-state index contributed by atoms with van der Waals surface area (Å²) in [5.41, 5.74) is 2.37. The predicted octanol–water partition coefficient (Wildman–Crippen LogP) is 3.26. The van der Waals surface area contributed by atoms with Crippen molar-refractivity contribution in [3.05, 3.63) is 52.7 Å². The van der Waals surface area contributed by atoms with Crippen LogP contribution in [0.2, 0.25) is 5.02 Å². The maximum atomic E-state index is 13.1. The molecule has 0 unspecified atom stereocenters. The summed E-state index contributed by atoms with van der Waals surface area (Å²) >= 11 is 5.81. The second kappa shape index (κ2) is 7.81. The van der Waals surface area contributed by atoms with Crippen molar-refractivity contribution in [1.82, 2.24) is 9.29 Å². The lowest BCUT2D eigenvalue weighted by Crippen LogP contribution is -2.43. The van der Waals surface area contributed by atoms with E-state index in [4.69, 9.17) is 11.6 Å². The summed E-state index contributed by atoms with van der Waals surface area (Å²) in [6.45, 7) is 0.612. The molecular formula is C20H22ClN3O3S. The number of anilines is 1. The molecule has 1 aliphatic heterocycles. The quantitative estimate of drug-likeness (QED) is 0.824. The largest absolute Gasteiger partial charge is 0.310 e. The minimum Gasteiger partial charge on any atom is -0.310 e. The van der Waals surface area contributed by atoms with E-state index in [2.05, 4.69) is 10.3 Å². The van der Waals surface area contributed by atoms with Crippen LogP contribution in [0.15, 0.2) is 41.4 Å². The summed E-state index contributed by atoms with van der Waals surface area (Å²) in [4.78, 5) is 17.0. The first-order valence-electron chi connectivity index (χ1n) is 9.48. The van der Waals surface area contributed by atoms with Crippen LogP contribution in [0.5, 0.6) is 0 Å². The SMILES string of the molecule is O=C(Nc1ccc(Cl)cn1)[C@H]1CCCN(S(=O)(=O)c2ccc3c(c2)CCC3)C1. The first kappa shape index (κ1) is 19.4. The number of pyridine rings is 1. The molecule has 4 rings (SSSR count). The second-order valence-corrected chi connectivity index (χ2v) is 9.71. The van der Waals surface area contributed by atoms with Crippen LogP contribution in [-0.4, -0.2) is 36.7 Å². The molecule has 0 radical (unpaired) electrons. The number of aryl methyl sites for hydroxylation is 2. The monoisotopic (exact) mass is 419 g/mol. The lowest BCUT2D eigenvalue weighted by atomic mass is 9.99. The molecule has 1 atom stereocenters. The molecule has 2 aromatic rings. The van der Waals surface area contributed by atoms with E-state index in [0.29, 0.717) is 35.1 Å². The van der Waals surface area contributed by atoms with E-state index in [0.717, 1.165) is 24.8 Å². The van der Waals surface area contributed by atoms with Gasteiger partial charge in [0, 0.05) is 19.3 Å². The van der Waals surface area contributed by atoms with Gasteiger partial charge in [0.2, 0.25) is 15.9 Å². The Morgan fingerprint density at radius 2 is 1.96 bits per heavy atom. The number of nitrogens with one attached hydrogen (secondary N) is 1. The van der Waals surface area contributed by atoms with Gasteiger partial charge < -0.3 is 5.32 Å². The fourth-order valence-electron chi connectivity index (χ4n) is 3.91. The zero-order valence-corrected chi connectivity index (χ0v) is 17.0. The lowest BCUT2D eigenvalue weighted by Gasteiger charge is -2.31. The molecule has 1 N–H and O–H groups in total. The van der Waals surface area contributed by atoms with E-state index >= 15 is 0 Å². The molecule has 1 saturated heterocycles. The zero-order chi connectivity index (χ0) is 19.7. The van der Waals surface area contributed by atoms with Crippen molar-refractivity contribution in [2.45, 2.75) is 37.0 Å². The van der Waals surface area contributed by atoms with Gasteiger partial charge in [-0.3, -0.25) is 4.79 Å². The number of amides is 1. The Balaban J connectivity index is 1.48. The van der Waals surface area contributed by atoms with Gasteiger partial charge in [-0.15, -0.1) is 0 Å². The number of sulfonamides is 1. The van der Waals surface area contributed by atoms with E-state index in [1.165, 1.54) is 16.1 Å². The smallest absolute Gasteiger partial charge is 0.243 e. The van der Waals surface area contributed by atoms with Crippen LogP contribution in [0.3, 0.4) is 0 Å². The molecule has 6 nitrogen and oxygen atoms in total. The topological polar surface area (TPSA) is 79.4 Å². The van der Waals surface area contributed by atoms with Gasteiger partial charge in [0.1, 0.15) is 5.82 Å². The molecule has 1 aromatic heterocycles. The second-order valence-electron chi connectivity index (χ2n) is 7.34. The summed E-state index contributed by atoms with van der Waals surface area (Å²) < 4.78 is 27.7. The third-order valence-electron chi connectivity index (χ3n) is 5.44. The van der Waals surface area contributed by atoms with Crippen LogP contribution in [-0.2, 0) is 27.7 Å². The molecule has 148 valence electrons. The van der Waals surface area contributed by atoms with Crippen molar-refractivity contribution >= 4 is 33.3 Å². The van der Waals surface area contributed by atoms with Crippen LogP contribution in [0, 0.1) is 5.92 Å². The van der Waals surface area contributed by atoms with E-state index in [1.807, 2.05) is 6.07 Å². The van der Waals surface area contributed by atoms with E-state index in [-0.39, 0.29) is 12.5 Å². The summed E-state index contributed by atoms with van der Waals surface area (Å²) in [5, 5.41) is 3.24. The molecule has 0 bridgehead atoms. The number of piperidine rings is 1. The highest BCUT2D eigenvalue weighted by Crippen LogP contribution is 2.29. The molecule has 1 aromatic carbocycles. The maximum Gasteiger partial charge on any atom is 0.243 e. The highest BCUT2D eigenvalue weighted by Gasteiger charge is 2.34. The van der Waals surface area contributed by atoms with Gasteiger partial charge in [0.25, 0.3) is 0 Å². The van der Waals surface area contributed by atoms with Gasteiger partial charge in [-0.1, -0.05) is 17.7 Å². The minimum atomic E-state index is -3.61. The van der Waals surface area contributed by atoms with Crippen molar-refractivity contribution in [2.24, 2.45) is 5.92 Å². The highest BCUT2D eigenvalue weighted by molar-refractivity contribution is 7.89. The van der Waals surface area contributed by atoms with Gasteiger partial charge in [-0.2, -0.15) is 4.31 Å². The predicted molar refractivity (Wildman–Crippen MR) is 108 cm³/mol. The van der Waals surface area contributed by atoms with E-state index in [1.54, 1.807) is 24.3 Å². The minimum absolute atomic E-state index is 0.179. The molecule has 2 aliphatic rings. The van der Waals surface area contributed by atoms with Crippen LogP contribution >= 0.6 is 11.6 Å². The molecule has 1 aliphatic carbocycles. The Hall–Kier alpha value is -1.96. The number of benzene rings is 1. The summed E-state index contributed by atoms with van der Waals surface area (Å²) in [7, 11) is -3.61. The first-order chi connectivity index (χ1) is 13.4. The Morgan fingerprint density at radius 3 is 2.75 bits per heavy atom. The molecule has 0 spiro atoms. The Kier molecular flexibility index (Phi) is 5.40. The van der Waals surface area contributed by atoms with Crippen LogP contribution in [0.1, 0.15) is 30.4 Å². The molecular weight excluding hydrogens is 398 g/mol. The summed E-state index contributed by atoms with van der Waals surface area (Å²) in [5.74, 6) is -0.216. The Bertz CT molecular complexity index is 992. The third-order valence-corrected chi connectivity index (χ3v) is 7.53. The number of rotatable bonds is 4. The van der Waals surface area contributed by atoms with Crippen molar-refractivity contribution < 1.29 is 13.2 Å². The van der Waals surface area contributed by atoms with Crippen molar-refractivity contribution in [3.63, 3.8) is 0 Å². The first-order valence-corrected chi connectivity index (χ1v) is 11.3. The van der Waals surface area contributed by atoms with Crippen molar-refractivity contribution in [2.75, 3.05) is 18.4 Å².